The van der Waals surface area contributed by atoms with Crippen molar-refractivity contribution in [2.24, 2.45) is 0 Å². The first-order valence-corrected chi connectivity index (χ1v) is 13.0. The summed E-state index contributed by atoms with van der Waals surface area (Å²) in [5, 5.41) is 3.58. The van der Waals surface area contributed by atoms with E-state index in [1.54, 1.807) is 11.3 Å². The van der Waals surface area contributed by atoms with Crippen LogP contribution in [0.15, 0.2) is 103 Å². The van der Waals surface area contributed by atoms with E-state index in [4.69, 9.17) is 4.98 Å². The Morgan fingerprint density at radius 2 is 1.37 bits per heavy atom. The number of fused-ring (bicyclic) bond motifs is 2. The third-order valence-corrected chi connectivity index (χ3v) is 7.90. The van der Waals surface area contributed by atoms with Gasteiger partial charge in [0.1, 0.15) is 5.01 Å². The van der Waals surface area contributed by atoms with Gasteiger partial charge in [-0.15, -0.1) is 11.3 Å². The Bertz CT molecular complexity index is 1670. The van der Waals surface area contributed by atoms with Gasteiger partial charge in [0.15, 0.2) is 0 Å². The van der Waals surface area contributed by atoms with Gasteiger partial charge in [-0.1, -0.05) is 105 Å². The van der Waals surface area contributed by atoms with Crippen LogP contribution in [0.5, 0.6) is 0 Å². The van der Waals surface area contributed by atoms with E-state index in [0.717, 1.165) is 10.5 Å². The van der Waals surface area contributed by atoms with Crippen LogP contribution in [0.4, 0.5) is 0 Å². The molecule has 0 spiro atoms. The van der Waals surface area contributed by atoms with Crippen molar-refractivity contribution in [2.75, 3.05) is 0 Å². The van der Waals surface area contributed by atoms with E-state index >= 15 is 0 Å². The van der Waals surface area contributed by atoms with Crippen LogP contribution in [-0.4, -0.2) is 4.98 Å². The predicted octanol–water partition coefficient (Wildman–Crippen LogP) is 9.88. The number of nitrogens with zero attached hydrogens (tertiary/aromatic N) is 1. The summed E-state index contributed by atoms with van der Waals surface area (Å²) in [6.45, 7) is 6.64. The van der Waals surface area contributed by atoms with E-state index in [9.17, 15) is 0 Å². The summed E-state index contributed by atoms with van der Waals surface area (Å²) in [6, 6.07) is 37.4. The number of hydrogen-bond acceptors (Lipinski definition) is 2. The van der Waals surface area contributed by atoms with Crippen LogP contribution in [0, 0.1) is 6.92 Å². The average molecular weight is 470 g/mol. The maximum atomic E-state index is 5.22. The molecule has 5 aromatic carbocycles. The lowest BCUT2D eigenvalue weighted by molar-refractivity contribution is 0.867. The smallest absolute Gasteiger partial charge is 0.124 e. The monoisotopic (exact) mass is 469 g/mol. The normalized spacial score (nSPS) is 11.5. The highest BCUT2D eigenvalue weighted by atomic mass is 32.1. The van der Waals surface area contributed by atoms with Gasteiger partial charge in [-0.05, 0) is 63.6 Å². The lowest BCUT2D eigenvalue weighted by Crippen LogP contribution is -1.89. The predicted molar refractivity (Wildman–Crippen MR) is 152 cm³/mol. The molecule has 0 aliphatic carbocycles. The Morgan fingerprint density at radius 1 is 0.657 bits per heavy atom. The van der Waals surface area contributed by atoms with Crippen molar-refractivity contribution in [3.63, 3.8) is 0 Å². The van der Waals surface area contributed by atoms with Gasteiger partial charge in [0.2, 0.25) is 0 Å². The van der Waals surface area contributed by atoms with E-state index < -0.39 is 0 Å². The minimum atomic E-state index is 0.524. The van der Waals surface area contributed by atoms with Crippen LogP contribution in [-0.2, 0) is 0 Å². The molecular formula is C33H27NS. The van der Waals surface area contributed by atoms with E-state index in [1.165, 1.54) is 54.4 Å². The van der Waals surface area contributed by atoms with E-state index in [-0.39, 0.29) is 0 Å². The molecule has 0 fully saturated rings. The van der Waals surface area contributed by atoms with Crippen molar-refractivity contribution in [1.82, 2.24) is 4.98 Å². The van der Waals surface area contributed by atoms with E-state index in [0.29, 0.717) is 5.92 Å². The summed E-state index contributed by atoms with van der Waals surface area (Å²) >= 11 is 1.78. The summed E-state index contributed by atoms with van der Waals surface area (Å²) in [4.78, 5) is 5.22. The second-order valence-electron chi connectivity index (χ2n) is 9.51. The summed E-state index contributed by atoms with van der Waals surface area (Å²) in [6.07, 6.45) is 0. The van der Waals surface area contributed by atoms with Gasteiger partial charge >= 0.3 is 0 Å². The number of hydrogen-bond donors (Lipinski definition) is 0. The summed E-state index contributed by atoms with van der Waals surface area (Å²) in [5.41, 5.74) is 9.80. The molecule has 1 heterocycles. The quantitative estimate of drug-likeness (QED) is 0.250. The zero-order valence-corrected chi connectivity index (χ0v) is 21.1. The summed E-state index contributed by atoms with van der Waals surface area (Å²) in [7, 11) is 0. The number of aryl methyl sites for hydroxylation is 1. The van der Waals surface area contributed by atoms with Gasteiger partial charge in [0, 0.05) is 11.1 Å². The fraction of sp³-hybridized carbons (Fsp3) is 0.121. The second-order valence-corrected chi connectivity index (χ2v) is 10.5. The van der Waals surface area contributed by atoms with Crippen LogP contribution >= 0.6 is 11.3 Å². The van der Waals surface area contributed by atoms with Gasteiger partial charge < -0.3 is 0 Å². The Labute approximate surface area is 210 Å². The Hall–Kier alpha value is -3.75. The standard InChI is InChI=1S/C33H27NS/c1-21(2)23-15-17-24(18-16-23)26-19-30(29-14-8-11-25-10-5-7-13-28(25)29)32-31(20-26)35-33(34-32)27-12-6-4-9-22(27)3/h4-21H,1-3H3. The molecule has 0 aliphatic heterocycles. The first kappa shape index (κ1) is 21.8. The molecule has 1 aromatic heterocycles. The zero-order chi connectivity index (χ0) is 23.9. The molecule has 0 amide bonds. The molecule has 6 aromatic rings. The fourth-order valence-electron chi connectivity index (χ4n) is 4.85. The van der Waals surface area contributed by atoms with Crippen molar-refractivity contribution < 1.29 is 0 Å². The molecule has 170 valence electrons. The van der Waals surface area contributed by atoms with Crippen molar-refractivity contribution in [2.45, 2.75) is 26.7 Å². The molecule has 2 heteroatoms. The third kappa shape index (κ3) is 3.94. The van der Waals surface area contributed by atoms with Crippen LogP contribution < -0.4 is 0 Å². The van der Waals surface area contributed by atoms with Gasteiger partial charge in [-0.2, -0.15) is 0 Å². The number of aromatic nitrogens is 1. The molecule has 1 nitrogen and oxygen atoms in total. The van der Waals surface area contributed by atoms with Crippen LogP contribution in [0.3, 0.4) is 0 Å². The highest BCUT2D eigenvalue weighted by molar-refractivity contribution is 7.21. The maximum absolute atomic E-state index is 5.22. The largest absolute Gasteiger partial charge is 0.235 e. The first-order chi connectivity index (χ1) is 17.1. The number of thiazole rings is 1. The highest BCUT2D eigenvalue weighted by Crippen LogP contribution is 2.41. The molecule has 0 saturated carbocycles. The second kappa shape index (κ2) is 8.79. The molecule has 6 rings (SSSR count). The number of benzene rings is 5. The summed E-state index contributed by atoms with van der Waals surface area (Å²) < 4.78 is 1.22. The van der Waals surface area contributed by atoms with E-state index in [1.807, 2.05) is 0 Å². The molecular weight excluding hydrogens is 442 g/mol. The Morgan fingerprint density at radius 3 is 2.17 bits per heavy atom. The average Bonchev–Trinajstić information content (AvgIpc) is 3.32. The van der Waals surface area contributed by atoms with Crippen molar-refractivity contribution >= 4 is 32.3 Å². The molecule has 0 saturated heterocycles. The molecule has 0 N–H and O–H groups in total. The van der Waals surface area contributed by atoms with Crippen LogP contribution in [0.2, 0.25) is 0 Å². The lowest BCUT2D eigenvalue weighted by atomic mass is 9.93. The topological polar surface area (TPSA) is 12.9 Å². The van der Waals surface area contributed by atoms with Crippen molar-refractivity contribution in [3.05, 3.63) is 114 Å². The minimum Gasteiger partial charge on any atom is -0.235 e. The Balaban J connectivity index is 1.62. The van der Waals surface area contributed by atoms with Gasteiger partial charge in [-0.3, -0.25) is 0 Å². The highest BCUT2D eigenvalue weighted by Gasteiger charge is 2.16. The number of rotatable bonds is 4. The first-order valence-electron chi connectivity index (χ1n) is 12.2. The molecule has 0 radical (unpaired) electrons. The Kier molecular flexibility index (Phi) is 5.47. The maximum Gasteiger partial charge on any atom is 0.124 e. The molecule has 0 bridgehead atoms. The minimum absolute atomic E-state index is 0.524. The third-order valence-electron chi connectivity index (χ3n) is 6.86. The lowest BCUT2D eigenvalue weighted by Gasteiger charge is -2.12. The molecule has 0 atom stereocenters. The molecule has 35 heavy (non-hydrogen) atoms. The fourth-order valence-corrected chi connectivity index (χ4v) is 5.97. The van der Waals surface area contributed by atoms with Crippen molar-refractivity contribution in [1.29, 1.82) is 0 Å². The SMILES string of the molecule is Cc1ccccc1-c1nc2c(-c3cccc4ccccc34)cc(-c3ccc(C(C)C)cc3)cc2s1. The van der Waals surface area contributed by atoms with Gasteiger partial charge in [0.05, 0.1) is 10.2 Å². The van der Waals surface area contributed by atoms with Crippen LogP contribution in [0.25, 0.3) is 53.8 Å². The van der Waals surface area contributed by atoms with Gasteiger partial charge in [0.25, 0.3) is 0 Å². The van der Waals surface area contributed by atoms with Gasteiger partial charge in [-0.25, -0.2) is 4.98 Å². The molecule has 0 aliphatic rings. The van der Waals surface area contributed by atoms with E-state index in [2.05, 4.69) is 124 Å². The van der Waals surface area contributed by atoms with Crippen molar-refractivity contribution in [3.8, 4) is 32.8 Å². The van der Waals surface area contributed by atoms with Crippen LogP contribution in [0.1, 0.15) is 30.9 Å². The molecule has 0 unspecified atom stereocenters. The zero-order valence-electron chi connectivity index (χ0n) is 20.2. The summed E-state index contributed by atoms with van der Waals surface area (Å²) in [5.74, 6) is 0.524.